The van der Waals surface area contributed by atoms with E-state index in [1.807, 2.05) is 0 Å². The number of pyridine rings is 1. The van der Waals surface area contributed by atoms with Crippen LogP contribution in [0.4, 0.5) is 17.6 Å². The van der Waals surface area contributed by atoms with Gasteiger partial charge in [-0.15, -0.1) is 0 Å². The molecule has 0 aliphatic rings. The molecule has 4 nitrogen and oxygen atoms in total. The number of ether oxygens (including phenoxy) is 1. The van der Waals surface area contributed by atoms with E-state index < -0.39 is 23.6 Å². The maximum atomic E-state index is 12.9. The van der Waals surface area contributed by atoms with E-state index >= 15 is 0 Å². The van der Waals surface area contributed by atoms with Crippen LogP contribution in [0, 0.1) is 12.9 Å². The molecule has 22 heavy (non-hydrogen) atoms. The molecule has 8 heteroatoms. The average molecular weight is 314 g/mol. The number of primary amides is 1. The molecule has 1 aromatic carbocycles. The number of hydrogen-bond donors (Lipinski definition) is 1. The lowest BCUT2D eigenvalue weighted by atomic mass is 10.1. The Kier molecular flexibility index (Phi) is 4.03. The van der Waals surface area contributed by atoms with Crippen LogP contribution in [0.1, 0.15) is 21.6 Å². The number of benzene rings is 1. The smallest absolute Gasteiger partial charge is 0.416 e. The molecule has 0 spiro atoms. The van der Waals surface area contributed by atoms with Crippen molar-refractivity contribution in [1.29, 1.82) is 0 Å². The first kappa shape index (κ1) is 15.7. The van der Waals surface area contributed by atoms with Crippen molar-refractivity contribution in [2.24, 2.45) is 5.73 Å². The Morgan fingerprint density at radius 1 is 1.18 bits per heavy atom. The zero-order valence-corrected chi connectivity index (χ0v) is 11.2. The Labute approximate surface area is 122 Å². The summed E-state index contributed by atoms with van der Waals surface area (Å²) in [7, 11) is 0. The Bertz CT molecular complexity index is 729. The lowest BCUT2D eigenvalue weighted by Crippen LogP contribution is -2.14. The molecule has 0 saturated carbocycles. The zero-order valence-electron chi connectivity index (χ0n) is 11.2. The van der Waals surface area contributed by atoms with E-state index in [9.17, 15) is 22.4 Å². The highest BCUT2D eigenvalue weighted by Crippen LogP contribution is 2.35. The van der Waals surface area contributed by atoms with Crippen LogP contribution in [0.15, 0.2) is 30.3 Å². The number of carbonyl (C=O) groups excluding carboxylic acids is 1. The van der Waals surface area contributed by atoms with Crippen molar-refractivity contribution < 1.29 is 27.1 Å². The number of alkyl halides is 3. The van der Waals surface area contributed by atoms with Crippen molar-refractivity contribution in [1.82, 2.24) is 4.98 Å². The largest absolute Gasteiger partial charge is 0.455 e. The summed E-state index contributed by atoms with van der Waals surface area (Å²) in [6, 6.07) is 4.49. The number of carbonyl (C=O) groups is 1. The molecule has 0 aliphatic carbocycles. The summed E-state index contributed by atoms with van der Waals surface area (Å²) in [6.07, 6.45) is -4.61. The third kappa shape index (κ3) is 3.33. The topological polar surface area (TPSA) is 65.2 Å². The maximum Gasteiger partial charge on any atom is 0.416 e. The summed E-state index contributed by atoms with van der Waals surface area (Å²) in [5, 5.41) is 0. The van der Waals surface area contributed by atoms with Crippen LogP contribution in [0.5, 0.6) is 11.5 Å². The number of halogens is 4. The second-order valence-electron chi connectivity index (χ2n) is 4.39. The minimum absolute atomic E-state index is 0.0169. The fourth-order valence-corrected chi connectivity index (χ4v) is 1.73. The first-order valence-corrected chi connectivity index (χ1v) is 6.00. The van der Waals surface area contributed by atoms with Gasteiger partial charge < -0.3 is 10.5 Å². The van der Waals surface area contributed by atoms with Crippen molar-refractivity contribution in [3.05, 3.63) is 53.1 Å². The Hall–Kier alpha value is -2.64. The molecule has 2 aromatic rings. The third-order valence-corrected chi connectivity index (χ3v) is 2.80. The molecule has 0 saturated heterocycles. The van der Waals surface area contributed by atoms with Crippen molar-refractivity contribution in [3.63, 3.8) is 0 Å². The van der Waals surface area contributed by atoms with E-state index in [2.05, 4.69) is 4.98 Å². The molecule has 0 bridgehead atoms. The Balaban J connectivity index is 2.49. The molecule has 2 N–H and O–H groups in total. The molecular formula is C14H10F4N2O2. The molecule has 1 aromatic heterocycles. The van der Waals surface area contributed by atoms with Gasteiger partial charge in [-0.2, -0.15) is 17.6 Å². The van der Waals surface area contributed by atoms with Crippen LogP contribution >= 0.6 is 0 Å². The van der Waals surface area contributed by atoms with Crippen LogP contribution in [0.25, 0.3) is 0 Å². The number of hydrogen-bond acceptors (Lipinski definition) is 3. The van der Waals surface area contributed by atoms with E-state index in [0.717, 1.165) is 18.2 Å². The Morgan fingerprint density at radius 3 is 2.41 bits per heavy atom. The number of aryl methyl sites for hydroxylation is 1. The lowest BCUT2D eigenvalue weighted by molar-refractivity contribution is -0.137. The molecule has 1 heterocycles. The summed E-state index contributed by atoms with van der Waals surface area (Å²) in [5.74, 6) is -2.07. The molecule has 0 radical (unpaired) electrons. The second kappa shape index (κ2) is 5.63. The predicted molar refractivity (Wildman–Crippen MR) is 69.0 cm³/mol. The zero-order chi connectivity index (χ0) is 16.5. The minimum atomic E-state index is -4.61. The van der Waals surface area contributed by atoms with Crippen LogP contribution < -0.4 is 10.5 Å². The molecule has 2 rings (SSSR count). The van der Waals surface area contributed by atoms with Gasteiger partial charge in [-0.05, 0) is 37.3 Å². The molecule has 0 unspecified atom stereocenters. The van der Waals surface area contributed by atoms with Gasteiger partial charge in [0.1, 0.15) is 11.5 Å². The van der Waals surface area contributed by atoms with Gasteiger partial charge in [0.15, 0.2) is 0 Å². The summed E-state index contributed by atoms with van der Waals surface area (Å²) < 4.78 is 56.4. The summed E-state index contributed by atoms with van der Waals surface area (Å²) >= 11 is 0. The van der Waals surface area contributed by atoms with Crippen LogP contribution in [-0.2, 0) is 6.18 Å². The SMILES string of the molecule is Cc1nc(F)ccc1Oc1cc(C(F)(F)F)ccc1C(N)=O. The predicted octanol–water partition coefficient (Wildman–Crippen LogP) is 3.44. The monoisotopic (exact) mass is 314 g/mol. The molecule has 0 aliphatic heterocycles. The molecular weight excluding hydrogens is 304 g/mol. The van der Waals surface area contributed by atoms with Gasteiger partial charge in [-0.25, -0.2) is 4.98 Å². The first-order chi connectivity index (χ1) is 10.2. The normalized spacial score (nSPS) is 11.3. The van der Waals surface area contributed by atoms with Crippen LogP contribution in [0.2, 0.25) is 0 Å². The van der Waals surface area contributed by atoms with Crippen LogP contribution in [0.3, 0.4) is 0 Å². The fourth-order valence-electron chi connectivity index (χ4n) is 1.73. The highest BCUT2D eigenvalue weighted by Gasteiger charge is 2.32. The van der Waals surface area contributed by atoms with Crippen LogP contribution in [-0.4, -0.2) is 10.9 Å². The van der Waals surface area contributed by atoms with Crippen molar-refractivity contribution in [2.75, 3.05) is 0 Å². The van der Waals surface area contributed by atoms with Crippen molar-refractivity contribution >= 4 is 5.91 Å². The summed E-state index contributed by atoms with van der Waals surface area (Å²) in [4.78, 5) is 14.8. The van der Waals surface area contributed by atoms with Gasteiger partial charge in [0.05, 0.1) is 16.8 Å². The molecule has 116 valence electrons. The first-order valence-electron chi connectivity index (χ1n) is 6.00. The highest BCUT2D eigenvalue weighted by atomic mass is 19.4. The van der Waals surface area contributed by atoms with Gasteiger partial charge in [0.2, 0.25) is 5.95 Å². The third-order valence-electron chi connectivity index (χ3n) is 2.80. The molecule has 1 amide bonds. The number of nitrogens with zero attached hydrogens (tertiary/aromatic N) is 1. The van der Waals surface area contributed by atoms with Gasteiger partial charge in [0.25, 0.3) is 5.91 Å². The maximum absolute atomic E-state index is 12.9. The molecule has 0 fully saturated rings. The highest BCUT2D eigenvalue weighted by molar-refractivity contribution is 5.95. The molecule has 0 atom stereocenters. The second-order valence-corrected chi connectivity index (χ2v) is 4.39. The Morgan fingerprint density at radius 2 is 1.86 bits per heavy atom. The van der Waals surface area contributed by atoms with E-state index in [-0.39, 0.29) is 22.8 Å². The van der Waals surface area contributed by atoms with Gasteiger partial charge in [0, 0.05) is 0 Å². The van der Waals surface area contributed by atoms with Gasteiger partial charge >= 0.3 is 6.18 Å². The van der Waals surface area contributed by atoms with E-state index in [1.54, 1.807) is 0 Å². The van der Waals surface area contributed by atoms with Gasteiger partial charge in [-0.3, -0.25) is 4.79 Å². The standard InChI is InChI=1S/C14H10F4N2O2/c1-7-10(4-5-12(15)20-7)22-11-6-8(14(16,17)18)2-3-9(11)13(19)21/h2-6H,1H3,(H2,19,21). The number of amides is 1. The van der Waals surface area contributed by atoms with E-state index in [1.165, 1.54) is 13.0 Å². The van der Waals surface area contributed by atoms with E-state index in [4.69, 9.17) is 10.5 Å². The minimum Gasteiger partial charge on any atom is -0.455 e. The number of aromatic nitrogens is 1. The van der Waals surface area contributed by atoms with Crippen molar-refractivity contribution in [3.8, 4) is 11.5 Å². The summed E-state index contributed by atoms with van der Waals surface area (Å²) in [5.41, 5.74) is 4.01. The van der Waals surface area contributed by atoms with Gasteiger partial charge in [-0.1, -0.05) is 0 Å². The van der Waals surface area contributed by atoms with E-state index in [0.29, 0.717) is 6.07 Å². The number of nitrogens with two attached hydrogens (primary N) is 1. The average Bonchev–Trinajstić information content (AvgIpc) is 2.40. The lowest BCUT2D eigenvalue weighted by Gasteiger charge is -2.14. The number of rotatable bonds is 3. The summed E-state index contributed by atoms with van der Waals surface area (Å²) in [6.45, 7) is 1.41. The quantitative estimate of drug-likeness (QED) is 0.697. The van der Waals surface area contributed by atoms with Crippen molar-refractivity contribution in [2.45, 2.75) is 13.1 Å². The fraction of sp³-hybridized carbons (Fsp3) is 0.143.